The van der Waals surface area contributed by atoms with Crippen LogP contribution in [0.3, 0.4) is 0 Å². The van der Waals surface area contributed by atoms with E-state index >= 15 is 0 Å². The maximum absolute atomic E-state index is 13.5. The second kappa shape index (κ2) is 27.3. The first-order chi connectivity index (χ1) is 43.0. The average Bonchev–Trinajstić information content (AvgIpc) is 0.670. The van der Waals surface area contributed by atoms with Crippen LogP contribution in [0, 0.1) is 50.2 Å². The Labute approximate surface area is 538 Å². The van der Waals surface area contributed by atoms with Crippen LogP contribution in [0.1, 0.15) is 142 Å². The minimum Gasteiger partial charge on any atom is -0.459 e. The Kier molecular flexibility index (Phi) is 21.7. The van der Waals surface area contributed by atoms with Gasteiger partial charge in [0.15, 0.2) is 37.4 Å². The highest BCUT2D eigenvalue weighted by Crippen LogP contribution is 2.76. The molecule has 0 spiro atoms. The van der Waals surface area contributed by atoms with Gasteiger partial charge in [0.2, 0.25) is 0 Å². The van der Waals surface area contributed by atoms with Gasteiger partial charge in [0.1, 0.15) is 85.5 Å². The molecule has 8 fully saturated rings. The fraction of sp³-hybridized carbons (Fsp3) is 0.864. The molecule has 26 nitrogen and oxygen atoms in total. The van der Waals surface area contributed by atoms with Crippen LogP contribution in [0.25, 0.3) is 0 Å². The maximum atomic E-state index is 13.5. The van der Waals surface area contributed by atoms with Gasteiger partial charge in [-0.25, -0.2) is 9.59 Å². The van der Waals surface area contributed by atoms with Gasteiger partial charge in [-0.05, 0) is 131 Å². The first-order valence-electron chi connectivity index (χ1n) is 32.7. The highest BCUT2D eigenvalue weighted by atomic mass is 16.8. The van der Waals surface area contributed by atoms with Crippen molar-refractivity contribution in [1.82, 2.24) is 0 Å². The van der Waals surface area contributed by atoms with Gasteiger partial charge in [-0.1, -0.05) is 72.3 Å². The summed E-state index contributed by atoms with van der Waals surface area (Å²) in [7, 11) is 0. The molecule has 4 saturated carbocycles. The molecule has 0 unspecified atom stereocenters. The van der Waals surface area contributed by atoms with Gasteiger partial charge in [-0.3, -0.25) is 4.79 Å². The van der Waals surface area contributed by atoms with Crippen molar-refractivity contribution in [1.29, 1.82) is 0 Å². The summed E-state index contributed by atoms with van der Waals surface area (Å²) >= 11 is 0. The molecule has 12 N–H and O–H groups in total. The summed E-state index contributed by atoms with van der Waals surface area (Å²) in [4.78, 5) is 40.1. The number of ether oxygens (including phenoxy) is 11. The number of aliphatic hydroxyl groups excluding tert-OH is 12. The summed E-state index contributed by atoms with van der Waals surface area (Å²) in [5.41, 5.74) is -3.24. The molecule has 0 bridgehead atoms. The number of hydrogen-bond acceptors (Lipinski definition) is 26. The van der Waals surface area contributed by atoms with Crippen molar-refractivity contribution in [3.8, 4) is 0 Å². The average molecular weight is 1310 g/mol. The number of rotatable bonds is 16. The molecule has 0 aromatic heterocycles. The van der Waals surface area contributed by atoms with Crippen molar-refractivity contribution < 1.29 is 128 Å². The Morgan fingerprint density at radius 2 is 1.10 bits per heavy atom. The molecule has 4 heterocycles. The zero-order chi connectivity index (χ0) is 68.0. The number of hydrogen-bond donors (Lipinski definition) is 12. The summed E-state index contributed by atoms with van der Waals surface area (Å²) in [5, 5.41) is 135. The zero-order valence-corrected chi connectivity index (χ0v) is 55.5. The third kappa shape index (κ3) is 12.3. The van der Waals surface area contributed by atoms with E-state index in [1.807, 2.05) is 13.8 Å². The summed E-state index contributed by atoms with van der Waals surface area (Å²) in [6, 6.07) is 0. The molecule has 4 aliphatic heterocycles. The Morgan fingerprint density at radius 1 is 0.554 bits per heavy atom. The van der Waals surface area contributed by atoms with Crippen LogP contribution in [0.4, 0.5) is 0 Å². The van der Waals surface area contributed by atoms with E-state index in [1.54, 1.807) is 33.8 Å². The van der Waals surface area contributed by atoms with Crippen molar-refractivity contribution in [3.63, 3.8) is 0 Å². The second-order valence-electron chi connectivity index (χ2n) is 29.8. The minimum atomic E-state index is -1.94. The van der Waals surface area contributed by atoms with E-state index in [9.17, 15) is 75.7 Å². The van der Waals surface area contributed by atoms with Crippen molar-refractivity contribution in [3.05, 3.63) is 34.9 Å². The number of esters is 3. The van der Waals surface area contributed by atoms with Crippen LogP contribution in [-0.2, 0) is 66.5 Å². The zero-order valence-electron chi connectivity index (χ0n) is 55.5. The van der Waals surface area contributed by atoms with E-state index in [2.05, 4.69) is 40.7 Å². The topological polar surface area (TPSA) is 396 Å². The van der Waals surface area contributed by atoms with E-state index in [1.165, 1.54) is 26.8 Å². The molecule has 0 aromatic rings. The SMILES string of the molecule is C/C=C(/C)C(=O)O[C@@H]1[C@@H](O)[C@H](O[C@H]2[C@H](OC(C)=O)[C@]3(CO)[C@H](O)C[C@]4(C)C(=CC[C@@H]5[C@@]6(C)CC[C@H](O[C@@H]7O[C@H](CO)[C@@H](O)[C@H](O[C@@H]8O[C@@H](C)[C@H](O)[C@@H](O)[C@H]8O)[C@H]7O[C@@H]7O[C@H](CO)[C@H](O)[C@H](O)[C@H]7O)C(C)(C)[C@@H]6CC[C@]54C)[C@@H]3CC2(C)C)O[C@H](C)[C@@H]1OC(=O)/C(C)=C/C. The number of aliphatic hydroxyl groups is 12. The van der Waals surface area contributed by atoms with Gasteiger partial charge in [0, 0.05) is 18.1 Å². The molecule has 0 aromatic carbocycles. The fourth-order valence-electron chi connectivity index (χ4n) is 18.1. The third-order valence-corrected chi connectivity index (χ3v) is 23.9. The fourth-order valence-corrected chi connectivity index (χ4v) is 18.1. The van der Waals surface area contributed by atoms with E-state index in [4.69, 9.17) is 52.1 Å². The largest absolute Gasteiger partial charge is 0.459 e. The molecule has 9 rings (SSSR count). The highest BCUT2D eigenvalue weighted by molar-refractivity contribution is 5.88. The van der Waals surface area contributed by atoms with E-state index < -0.39 is 223 Å². The lowest BCUT2D eigenvalue weighted by Gasteiger charge is -2.72. The van der Waals surface area contributed by atoms with E-state index in [0.29, 0.717) is 38.5 Å². The van der Waals surface area contributed by atoms with Crippen LogP contribution in [0.5, 0.6) is 0 Å². The lowest BCUT2D eigenvalue weighted by atomic mass is 9.33. The van der Waals surface area contributed by atoms with Gasteiger partial charge in [-0.2, -0.15) is 0 Å². The predicted molar refractivity (Wildman–Crippen MR) is 320 cm³/mol. The summed E-state index contributed by atoms with van der Waals surface area (Å²) in [5.74, 6) is -2.82. The Hall–Kier alpha value is -3.17. The first-order valence-corrected chi connectivity index (χ1v) is 32.7. The molecule has 5 aliphatic carbocycles. The van der Waals surface area contributed by atoms with Gasteiger partial charge in [-0.15, -0.1) is 0 Å². The van der Waals surface area contributed by atoms with Gasteiger partial charge in [0.05, 0.1) is 49.7 Å². The minimum absolute atomic E-state index is 0.00200. The number of allylic oxidation sites excluding steroid dienone is 4. The Balaban J connectivity index is 1.01. The summed E-state index contributed by atoms with van der Waals surface area (Å²) in [6.45, 7) is 23.3. The lowest BCUT2D eigenvalue weighted by Crippen LogP contribution is -2.73. The molecular formula is C66H104O26. The molecule has 9 aliphatic rings. The van der Waals surface area contributed by atoms with Crippen LogP contribution in [0.15, 0.2) is 34.9 Å². The summed E-state index contributed by atoms with van der Waals surface area (Å²) < 4.78 is 68.8. The number of carbonyl (C=O) groups excluding carboxylic acids is 3. The maximum Gasteiger partial charge on any atom is 0.333 e. The smallest absolute Gasteiger partial charge is 0.333 e. The van der Waals surface area contributed by atoms with Crippen LogP contribution < -0.4 is 0 Å². The van der Waals surface area contributed by atoms with Gasteiger partial charge >= 0.3 is 17.9 Å². The van der Waals surface area contributed by atoms with Crippen LogP contribution in [-0.4, -0.2) is 246 Å². The Bertz CT molecular complexity index is 2740. The van der Waals surface area contributed by atoms with E-state index in [-0.39, 0.29) is 29.4 Å². The predicted octanol–water partition coefficient (Wildman–Crippen LogP) is 1.01. The monoisotopic (exact) mass is 1310 g/mol. The van der Waals surface area contributed by atoms with Gasteiger partial charge < -0.3 is 113 Å². The summed E-state index contributed by atoms with van der Waals surface area (Å²) in [6.07, 6.45) is -27.5. The number of fused-ring (bicyclic) bond motifs is 7. The molecule has 4 saturated heterocycles. The third-order valence-electron chi connectivity index (χ3n) is 23.9. The molecular weight excluding hydrogens is 1210 g/mol. The lowest BCUT2D eigenvalue weighted by molar-refractivity contribution is -0.398. The van der Waals surface area contributed by atoms with Gasteiger partial charge in [0.25, 0.3) is 0 Å². The molecule has 0 radical (unpaired) electrons. The molecule has 31 atom stereocenters. The van der Waals surface area contributed by atoms with Crippen molar-refractivity contribution >= 4 is 17.9 Å². The standard InChI is InChI=1S/C66H104O26/c1-15-28(3)55(80)88-49-31(6)83-59(48(79)51(49)89-56(81)29(4)16-2)92-53-54(84-32(7)70)66(27-69)34(23-61(53,8)9)33-17-18-38-63(12)21-20-40(62(10,11)37(63)19-22-64(38,13)65(33,14)24-39(66)71)87-60-52(91-58-47(78)45(76)42(73)35(25-67)85-58)50(43(74)36(26-68)86-60)90-57-46(77)44(75)41(72)30(5)82-57/h15-17,30-31,34-54,57-60,67-69,71-79H,18-27H2,1-14H3/b28-15+,29-16-/t30-,31+,34-,35+,36+,37-,38+,39+,40-,41-,42-,43+,44+,45-,46+,47+,48+,49-,50-,51+,52+,53-,54-,57-,58-,59-,60-,63-,64+,65+,66-/m0/s1. The molecule has 92 heavy (non-hydrogen) atoms. The quantitative estimate of drug-likeness (QED) is 0.0337. The molecule has 524 valence electrons. The van der Waals surface area contributed by atoms with E-state index in [0.717, 1.165) is 5.57 Å². The molecule has 26 heteroatoms. The number of carbonyl (C=O) groups is 3. The normalized spacial score (nSPS) is 49.4. The van der Waals surface area contributed by atoms with Crippen molar-refractivity contribution in [2.24, 2.45) is 50.2 Å². The van der Waals surface area contributed by atoms with Crippen molar-refractivity contribution in [2.45, 2.75) is 289 Å². The molecule has 0 amide bonds. The van der Waals surface area contributed by atoms with Crippen LogP contribution in [0.2, 0.25) is 0 Å². The van der Waals surface area contributed by atoms with Crippen molar-refractivity contribution in [2.75, 3.05) is 19.8 Å². The Morgan fingerprint density at radius 3 is 1.68 bits per heavy atom. The second-order valence-corrected chi connectivity index (χ2v) is 29.8. The highest BCUT2D eigenvalue weighted by Gasteiger charge is 2.74. The van der Waals surface area contributed by atoms with Crippen LogP contribution >= 0.6 is 0 Å². The first kappa shape index (κ1) is 73.1.